The number of likely N-dealkylation sites (tertiary alicyclic amines) is 1. The normalized spacial score (nSPS) is 24.0. The van der Waals surface area contributed by atoms with Gasteiger partial charge in [-0.25, -0.2) is 0 Å². The molecule has 5 nitrogen and oxygen atoms in total. The van der Waals surface area contributed by atoms with Gasteiger partial charge in [0, 0.05) is 19.7 Å². The van der Waals surface area contributed by atoms with Crippen LogP contribution >= 0.6 is 0 Å². The number of carboxylic acids is 1. The quantitative estimate of drug-likeness (QED) is 0.710. The first-order valence-electron chi connectivity index (χ1n) is 6.08. The SMILES string of the molecule is CCCOCCC(=O)N1CCC(C)(C(=O)O)C1. The Bertz CT molecular complexity index is 292. The zero-order valence-corrected chi connectivity index (χ0v) is 10.6. The second-order valence-corrected chi connectivity index (χ2v) is 4.79. The highest BCUT2D eigenvalue weighted by Crippen LogP contribution is 2.30. The minimum Gasteiger partial charge on any atom is -0.481 e. The number of hydrogen-bond acceptors (Lipinski definition) is 3. The van der Waals surface area contributed by atoms with Gasteiger partial charge in [0.25, 0.3) is 0 Å². The summed E-state index contributed by atoms with van der Waals surface area (Å²) in [6.07, 6.45) is 1.81. The fourth-order valence-electron chi connectivity index (χ4n) is 1.91. The van der Waals surface area contributed by atoms with E-state index < -0.39 is 11.4 Å². The number of amides is 1. The minimum absolute atomic E-state index is 0.00826. The number of ether oxygens (including phenoxy) is 1. The molecule has 1 aliphatic rings. The standard InChI is InChI=1S/C12H21NO4/c1-3-7-17-8-4-10(14)13-6-5-12(2,9-13)11(15)16/h3-9H2,1-2H3,(H,15,16). The molecule has 1 unspecified atom stereocenters. The second-order valence-electron chi connectivity index (χ2n) is 4.79. The largest absolute Gasteiger partial charge is 0.481 e. The molecule has 0 aliphatic carbocycles. The Morgan fingerprint density at radius 1 is 1.41 bits per heavy atom. The Morgan fingerprint density at radius 2 is 2.12 bits per heavy atom. The molecule has 0 aromatic carbocycles. The van der Waals surface area contributed by atoms with Crippen molar-refractivity contribution in [2.24, 2.45) is 5.41 Å². The van der Waals surface area contributed by atoms with Crippen LogP contribution in [0.15, 0.2) is 0 Å². The van der Waals surface area contributed by atoms with Crippen LogP contribution in [-0.4, -0.2) is 48.2 Å². The van der Waals surface area contributed by atoms with Gasteiger partial charge in [-0.15, -0.1) is 0 Å². The number of hydrogen-bond donors (Lipinski definition) is 1. The lowest BCUT2D eigenvalue weighted by molar-refractivity contribution is -0.147. The molecule has 0 radical (unpaired) electrons. The van der Waals surface area contributed by atoms with E-state index >= 15 is 0 Å². The molecule has 1 heterocycles. The van der Waals surface area contributed by atoms with Crippen molar-refractivity contribution in [3.63, 3.8) is 0 Å². The molecule has 1 aliphatic heterocycles. The van der Waals surface area contributed by atoms with E-state index in [2.05, 4.69) is 0 Å². The zero-order valence-electron chi connectivity index (χ0n) is 10.6. The van der Waals surface area contributed by atoms with Gasteiger partial charge in [-0.1, -0.05) is 6.92 Å². The monoisotopic (exact) mass is 243 g/mol. The van der Waals surface area contributed by atoms with Crippen LogP contribution in [0.3, 0.4) is 0 Å². The maximum atomic E-state index is 11.8. The summed E-state index contributed by atoms with van der Waals surface area (Å²) in [5.74, 6) is -0.832. The molecule has 0 saturated carbocycles. The van der Waals surface area contributed by atoms with Gasteiger partial charge in [-0.2, -0.15) is 0 Å². The first-order chi connectivity index (χ1) is 7.99. The van der Waals surface area contributed by atoms with E-state index in [4.69, 9.17) is 9.84 Å². The average Bonchev–Trinajstić information content (AvgIpc) is 2.69. The first kappa shape index (κ1) is 14.0. The van der Waals surface area contributed by atoms with E-state index in [1.807, 2.05) is 6.92 Å². The van der Waals surface area contributed by atoms with Crippen LogP contribution < -0.4 is 0 Å². The maximum Gasteiger partial charge on any atom is 0.311 e. The molecule has 17 heavy (non-hydrogen) atoms. The summed E-state index contributed by atoms with van der Waals surface area (Å²) in [5, 5.41) is 9.06. The first-order valence-corrected chi connectivity index (χ1v) is 6.08. The van der Waals surface area contributed by atoms with Gasteiger partial charge in [-0.05, 0) is 19.8 Å². The molecule has 1 rings (SSSR count). The summed E-state index contributed by atoms with van der Waals surface area (Å²) in [4.78, 5) is 24.4. The summed E-state index contributed by atoms with van der Waals surface area (Å²) in [7, 11) is 0. The number of aliphatic carboxylic acids is 1. The Kier molecular flexibility index (Phi) is 4.93. The number of nitrogens with zero attached hydrogens (tertiary/aromatic N) is 1. The molecular weight excluding hydrogens is 222 g/mol. The van der Waals surface area contributed by atoms with E-state index in [0.717, 1.165) is 6.42 Å². The third-order valence-electron chi connectivity index (χ3n) is 3.15. The second kappa shape index (κ2) is 6.00. The summed E-state index contributed by atoms with van der Waals surface area (Å²) in [6.45, 7) is 5.65. The lowest BCUT2D eigenvalue weighted by Gasteiger charge is -2.20. The third kappa shape index (κ3) is 3.70. The van der Waals surface area contributed by atoms with Gasteiger partial charge < -0.3 is 14.7 Å². The lowest BCUT2D eigenvalue weighted by Crippen LogP contribution is -2.35. The molecule has 0 aromatic rings. The molecule has 98 valence electrons. The molecule has 0 aromatic heterocycles. The van der Waals surface area contributed by atoms with E-state index in [1.165, 1.54) is 0 Å². The van der Waals surface area contributed by atoms with Crippen LogP contribution in [0, 0.1) is 5.41 Å². The van der Waals surface area contributed by atoms with Crippen molar-refractivity contribution in [2.45, 2.75) is 33.1 Å². The number of rotatable bonds is 6. The average molecular weight is 243 g/mol. The fraction of sp³-hybridized carbons (Fsp3) is 0.833. The van der Waals surface area contributed by atoms with Crippen molar-refractivity contribution in [2.75, 3.05) is 26.3 Å². The van der Waals surface area contributed by atoms with E-state index in [1.54, 1.807) is 11.8 Å². The van der Waals surface area contributed by atoms with Crippen LogP contribution in [0.2, 0.25) is 0 Å². The van der Waals surface area contributed by atoms with Crippen molar-refractivity contribution < 1.29 is 19.4 Å². The van der Waals surface area contributed by atoms with Gasteiger partial charge in [-0.3, -0.25) is 9.59 Å². The summed E-state index contributed by atoms with van der Waals surface area (Å²) < 4.78 is 5.25. The highest BCUT2D eigenvalue weighted by Gasteiger charge is 2.41. The predicted molar refractivity (Wildman–Crippen MR) is 62.7 cm³/mol. The van der Waals surface area contributed by atoms with Crippen molar-refractivity contribution in [3.8, 4) is 0 Å². The van der Waals surface area contributed by atoms with Crippen LogP contribution in [-0.2, 0) is 14.3 Å². The molecule has 1 N–H and O–H groups in total. The maximum absolute atomic E-state index is 11.8. The molecular formula is C12H21NO4. The van der Waals surface area contributed by atoms with E-state index in [-0.39, 0.29) is 5.91 Å². The predicted octanol–water partition coefficient (Wildman–Crippen LogP) is 1.13. The minimum atomic E-state index is -0.824. The number of carbonyl (C=O) groups is 2. The Labute approximate surface area is 102 Å². The van der Waals surface area contributed by atoms with Crippen LogP contribution in [0.4, 0.5) is 0 Å². The van der Waals surface area contributed by atoms with Gasteiger partial charge in [0.15, 0.2) is 0 Å². The smallest absolute Gasteiger partial charge is 0.311 e. The summed E-state index contributed by atoms with van der Waals surface area (Å²) >= 11 is 0. The highest BCUT2D eigenvalue weighted by atomic mass is 16.5. The van der Waals surface area contributed by atoms with Crippen molar-refractivity contribution >= 4 is 11.9 Å². The van der Waals surface area contributed by atoms with E-state index in [0.29, 0.717) is 39.1 Å². The molecule has 1 amide bonds. The number of carboxylic acid groups (broad SMARTS) is 1. The lowest BCUT2D eigenvalue weighted by atomic mass is 9.90. The van der Waals surface area contributed by atoms with Crippen molar-refractivity contribution in [3.05, 3.63) is 0 Å². The van der Waals surface area contributed by atoms with Gasteiger partial charge in [0.05, 0.1) is 18.4 Å². The summed E-state index contributed by atoms with van der Waals surface area (Å²) in [6, 6.07) is 0. The molecule has 1 atom stereocenters. The van der Waals surface area contributed by atoms with Crippen molar-refractivity contribution in [1.29, 1.82) is 0 Å². The molecule has 1 fully saturated rings. The zero-order chi connectivity index (χ0) is 12.9. The van der Waals surface area contributed by atoms with Crippen molar-refractivity contribution in [1.82, 2.24) is 4.90 Å². The Balaban J connectivity index is 2.33. The van der Waals surface area contributed by atoms with Crippen LogP contribution in [0.5, 0.6) is 0 Å². The van der Waals surface area contributed by atoms with Gasteiger partial charge >= 0.3 is 5.97 Å². The van der Waals surface area contributed by atoms with Gasteiger partial charge in [0.2, 0.25) is 5.91 Å². The van der Waals surface area contributed by atoms with E-state index in [9.17, 15) is 9.59 Å². The molecule has 0 bridgehead atoms. The topological polar surface area (TPSA) is 66.8 Å². The fourth-order valence-corrected chi connectivity index (χ4v) is 1.91. The molecule has 0 spiro atoms. The Hall–Kier alpha value is -1.10. The highest BCUT2D eigenvalue weighted by molar-refractivity contribution is 5.80. The van der Waals surface area contributed by atoms with Crippen LogP contribution in [0.1, 0.15) is 33.1 Å². The van der Waals surface area contributed by atoms with Crippen LogP contribution in [0.25, 0.3) is 0 Å². The molecule has 5 heteroatoms. The van der Waals surface area contributed by atoms with Gasteiger partial charge in [0.1, 0.15) is 0 Å². The number of carbonyl (C=O) groups excluding carboxylic acids is 1. The Morgan fingerprint density at radius 3 is 2.65 bits per heavy atom. The third-order valence-corrected chi connectivity index (χ3v) is 3.15. The summed E-state index contributed by atoms with van der Waals surface area (Å²) in [5.41, 5.74) is -0.778. The molecule has 1 saturated heterocycles.